The van der Waals surface area contributed by atoms with Crippen molar-refractivity contribution in [3.05, 3.63) is 47.8 Å². The molecule has 2 amide bonds. The molecule has 0 aliphatic carbocycles. The van der Waals surface area contributed by atoms with Crippen LogP contribution in [-0.2, 0) is 4.79 Å². The fraction of sp³-hybridized carbons (Fsp3) is 0.118. The fourth-order valence-corrected chi connectivity index (χ4v) is 2.23. The van der Waals surface area contributed by atoms with Gasteiger partial charge in [0.1, 0.15) is 11.3 Å². The van der Waals surface area contributed by atoms with E-state index in [2.05, 4.69) is 10.3 Å². The fourth-order valence-electron chi connectivity index (χ4n) is 2.23. The summed E-state index contributed by atoms with van der Waals surface area (Å²) in [5, 5.41) is 14.5. The van der Waals surface area contributed by atoms with Crippen molar-refractivity contribution in [3.8, 4) is 11.5 Å². The molecule has 3 aromatic rings. The SMILES string of the molecule is Cc1ccc2oc(-c3ccc(NC(=O)NCC(=O)[O-])c(F)c3)nc2c1.[K+]. The van der Waals surface area contributed by atoms with Gasteiger partial charge in [0, 0.05) is 5.56 Å². The summed E-state index contributed by atoms with van der Waals surface area (Å²) < 4.78 is 19.8. The third-order valence-corrected chi connectivity index (χ3v) is 3.40. The number of benzene rings is 2. The van der Waals surface area contributed by atoms with E-state index in [0.29, 0.717) is 16.7 Å². The zero-order valence-electron chi connectivity index (χ0n) is 14.1. The third kappa shape index (κ3) is 4.89. The standard InChI is InChI=1S/C17H14FN3O4.K/c1-9-2-5-14-13(6-9)20-16(25-14)10-3-4-12(11(18)7-10)21-17(24)19-8-15(22)23;/h2-7H,8H2,1H3,(H,22,23)(H2,19,21,24);/q;+1/p-1. The molecule has 0 fully saturated rings. The van der Waals surface area contributed by atoms with Crippen molar-refractivity contribution in [1.82, 2.24) is 10.3 Å². The molecule has 0 bridgehead atoms. The van der Waals surface area contributed by atoms with Crippen molar-refractivity contribution >= 4 is 28.8 Å². The van der Waals surface area contributed by atoms with Crippen molar-refractivity contribution < 1.29 is 74.9 Å². The largest absolute Gasteiger partial charge is 1.00 e. The van der Waals surface area contributed by atoms with Crippen LogP contribution in [0.1, 0.15) is 5.56 Å². The van der Waals surface area contributed by atoms with Gasteiger partial charge in [-0.2, -0.15) is 0 Å². The second kappa shape index (κ2) is 8.74. The van der Waals surface area contributed by atoms with E-state index in [0.717, 1.165) is 5.56 Å². The second-order valence-electron chi connectivity index (χ2n) is 5.36. The Hall–Kier alpha value is -1.78. The van der Waals surface area contributed by atoms with Gasteiger partial charge >= 0.3 is 57.4 Å². The molecule has 2 N–H and O–H groups in total. The number of rotatable bonds is 4. The number of carbonyl (C=O) groups is 2. The van der Waals surface area contributed by atoms with Crippen molar-refractivity contribution in [3.63, 3.8) is 0 Å². The van der Waals surface area contributed by atoms with Crippen LogP contribution in [-0.4, -0.2) is 23.5 Å². The molecule has 2 aromatic carbocycles. The molecule has 0 aliphatic rings. The van der Waals surface area contributed by atoms with E-state index >= 15 is 0 Å². The minimum Gasteiger partial charge on any atom is -0.548 e. The Labute approximate surface area is 190 Å². The van der Waals surface area contributed by atoms with E-state index in [1.54, 1.807) is 6.07 Å². The number of anilines is 1. The van der Waals surface area contributed by atoms with E-state index in [-0.39, 0.29) is 63.0 Å². The van der Waals surface area contributed by atoms with Gasteiger partial charge in [0.25, 0.3) is 0 Å². The average Bonchev–Trinajstić information content (AvgIpc) is 2.98. The zero-order chi connectivity index (χ0) is 18.0. The number of fused-ring (bicyclic) bond motifs is 1. The summed E-state index contributed by atoms with van der Waals surface area (Å²) in [6.07, 6.45) is 0. The molecular formula is C17H13FKN3O4. The first-order chi connectivity index (χ1) is 11.9. The molecule has 9 heteroatoms. The smallest absolute Gasteiger partial charge is 0.548 e. The number of nitrogens with zero attached hydrogens (tertiary/aromatic N) is 1. The number of nitrogens with one attached hydrogen (secondary N) is 2. The van der Waals surface area contributed by atoms with E-state index < -0.39 is 24.4 Å². The van der Waals surface area contributed by atoms with E-state index in [1.165, 1.54) is 18.2 Å². The van der Waals surface area contributed by atoms with Crippen LogP contribution >= 0.6 is 0 Å². The van der Waals surface area contributed by atoms with Gasteiger partial charge in [-0.25, -0.2) is 14.2 Å². The van der Waals surface area contributed by atoms with Crippen molar-refractivity contribution in [2.24, 2.45) is 0 Å². The van der Waals surface area contributed by atoms with Gasteiger partial charge in [0.15, 0.2) is 5.58 Å². The number of halogens is 1. The first kappa shape index (κ1) is 20.5. The van der Waals surface area contributed by atoms with Gasteiger partial charge in [-0.15, -0.1) is 0 Å². The van der Waals surface area contributed by atoms with Crippen LogP contribution < -0.4 is 67.1 Å². The van der Waals surface area contributed by atoms with Crippen molar-refractivity contribution in [2.45, 2.75) is 6.92 Å². The van der Waals surface area contributed by atoms with Crippen LogP contribution in [0.4, 0.5) is 14.9 Å². The monoisotopic (exact) mass is 381 g/mol. The molecule has 0 saturated heterocycles. The normalized spacial score (nSPS) is 10.2. The van der Waals surface area contributed by atoms with Gasteiger partial charge < -0.3 is 25.0 Å². The van der Waals surface area contributed by atoms with Crippen LogP contribution in [0.15, 0.2) is 40.8 Å². The maximum atomic E-state index is 14.2. The molecule has 0 radical (unpaired) electrons. The number of aromatic nitrogens is 1. The number of carbonyl (C=O) groups excluding carboxylic acids is 2. The summed E-state index contributed by atoms with van der Waals surface area (Å²) in [6.45, 7) is 1.26. The first-order valence-corrected chi connectivity index (χ1v) is 7.34. The number of oxazole rings is 1. The molecule has 0 unspecified atom stereocenters. The number of hydrogen-bond acceptors (Lipinski definition) is 5. The van der Waals surface area contributed by atoms with Gasteiger partial charge in [-0.1, -0.05) is 6.07 Å². The maximum absolute atomic E-state index is 14.2. The topological polar surface area (TPSA) is 107 Å². The molecular weight excluding hydrogens is 368 g/mol. The maximum Gasteiger partial charge on any atom is 1.00 e. The Balaban J connectivity index is 0.00000243. The van der Waals surface area contributed by atoms with E-state index in [9.17, 15) is 19.1 Å². The number of aliphatic carboxylic acids is 1. The number of aryl methyl sites for hydroxylation is 1. The summed E-state index contributed by atoms with van der Waals surface area (Å²) in [5.41, 5.74) is 2.59. The molecule has 0 atom stereocenters. The molecule has 1 aromatic heterocycles. The summed E-state index contributed by atoms with van der Waals surface area (Å²) in [6, 6.07) is 8.72. The quantitative estimate of drug-likeness (QED) is 0.553. The molecule has 128 valence electrons. The summed E-state index contributed by atoms with van der Waals surface area (Å²) in [5.74, 6) is -1.90. The predicted octanol–water partition coefficient (Wildman–Crippen LogP) is -1.18. The molecule has 3 rings (SSSR count). The van der Waals surface area contributed by atoms with Crippen LogP contribution in [0, 0.1) is 12.7 Å². The predicted molar refractivity (Wildman–Crippen MR) is 86.2 cm³/mol. The van der Waals surface area contributed by atoms with Gasteiger partial charge in [-0.3, -0.25) is 0 Å². The number of carboxylic acids is 1. The number of urea groups is 1. The van der Waals surface area contributed by atoms with Crippen LogP contribution in [0.2, 0.25) is 0 Å². The molecule has 1 heterocycles. The Bertz CT molecular complexity index is 974. The van der Waals surface area contributed by atoms with E-state index in [1.807, 2.05) is 24.4 Å². The average molecular weight is 381 g/mol. The van der Waals surface area contributed by atoms with Crippen LogP contribution in [0.25, 0.3) is 22.6 Å². The minimum absolute atomic E-state index is 0. The molecule has 7 nitrogen and oxygen atoms in total. The van der Waals surface area contributed by atoms with Gasteiger partial charge in [0.2, 0.25) is 5.89 Å². The van der Waals surface area contributed by atoms with Crippen molar-refractivity contribution in [2.75, 3.05) is 11.9 Å². The minimum atomic E-state index is -1.45. The molecule has 0 saturated carbocycles. The van der Waals surface area contributed by atoms with Gasteiger partial charge in [-0.05, 0) is 42.8 Å². The Morgan fingerprint density at radius 3 is 2.69 bits per heavy atom. The van der Waals surface area contributed by atoms with Gasteiger partial charge in [0.05, 0.1) is 18.2 Å². The third-order valence-electron chi connectivity index (χ3n) is 3.40. The molecule has 0 spiro atoms. The summed E-state index contributed by atoms with van der Waals surface area (Å²) in [4.78, 5) is 26.1. The van der Waals surface area contributed by atoms with Crippen molar-refractivity contribution in [1.29, 1.82) is 0 Å². The van der Waals surface area contributed by atoms with E-state index in [4.69, 9.17) is 4.42 Å². The summed E-state index contributed by atoms with van der Waals surface area (Å²) >= 11 is 0. The first-order valence-electron chi connectivity index (χ1n) is 7.34. The number of amides is 2. The second-order valence-corrected chi connectivity index (χ2v) is 5.36. The molecule has 26 heavy (non-hydrogen) atoms. The Kier molecular flexibility index (Phi) is 6.90. The zero-order valence-corrected chi connectivity index (χ0v) is 17.3. The van der Waals surface area contributed by atoms with Crippen LogP contribution in [0.3, 0.4) is 0 Å². The number of carboxylic acid groups (broad SMARTS) is 1. The summed E-state index contributed by atoms with van der Waals surface area (Å²) in [7, 11) is 0. The number of hydrogen-bond donors (Lipinski definition) is 2. The van der Waals surface area contributed by atoms with Crippen LogP contribution in [0.5, 0.6) is 0 Å². The molecule has 0 aliphatic heterocycles. The Morgan fingerprint density at radius 1 is 1.23 bits per heavy atom. The Morgan fingerprint density at radius 2 is 2.00 bits per heavy atom.